The molecule has 2 aliphatic rings. The molecule has 2 saturated heterocycles. The van der Waals surface area contributed by atoms with Crippen LogP contribution in [0.4, 0.5) is 4.79 Å². The van der Waals surface area contributed by atoms with Crippen molar-refractivity contribution in [2.75, 3.05) is 18.1 Å². The SMILES string of the molecule is CC(C)C[C@H]1NC(=O)N(CC(=O)N[C@H]2CCS(=O)(=O)C2)C1=O. The lowest BCUT2D eigenvalue weighted by atomic mass is 10.0. The first kappa shape index (κ1) is 16.7. The van der Waals surface area contributed by atoms with E-state index in [0.29, 0.717) is 12.8 Å². The van der Waals surface area contributed by atoms with Crippen molar-refractivity contribution in [3.8, 4) is 0 Å². The molecule has 124 valence electrons. The number of carbonyl (C=O) groups excluding carboxylic acids is 3. The van der Waals surface area contributed by atoms with Crippen LogP contribution in [0.1, 0.15) is 26.7 Å². The molecule has 0 saturated carbocycles. The first-order valence-electron chi connectivity index (χ1n) is 7.29. The van der Waals surface area contributed by atoms with Gasteiger partial charge in [0.1, 0.15) is 12.6 Å². The lowest BCUT2D eigenvalue weighted by Gasteiger charge is -2.16. The summed E-state index contributed by atoms with van der Waals surface area (Å²) in [6.45, 7) is 3.50. The van der Waals surface area contributed by atoms with Gasteiger partial charge in [0.05, 0.1) is 11.5 Å². The number of carbonyl (C=O) groups is 3. The minimum Gasteiger partial charge on any atom is -0.351 e. The Kier molecular flexibility index (Phi) is 4.74. The van der Waals surface area contributed by atoms with Gasteiger partial charge >= 0.3 is 6.03 Å². The highest BCUT2D eigenvalue weighted by atomic mass is 32.2. The molecule has 0 bridgehead atoms. The average molecular weight is 331 g/mol. The van der Waals surface area contributed by atoms with E-state index in [-0.39, 0.29) is 24.0 Å². The molecule has 4 amide bonds. The number of nitrogens with zero attached hydrogens (tertiary/aromatic N) is 1. The Bertz CT molecular complexity index is 586. The number of urea groups is 1. The quantitative estimate of drug-likeness (QED) is 0.644. The molecule has 0 radical (unpaired) electrons. The van der Waals surface area contributed by atoms with Crippen LogP contribution in [-0.2, 0) is 19.4 Å². The fraction of sp³-hybridized carbons (Fsp3) is 0.769. The summed E-state index contributed by atoms with van der Waals surface area (Å²) < 4.78 is 22.7. The van der Waals surface area contributed by atoms with E-state index >= 15 is 0 Å². The number of nitrogens with one attached hydrogen (secondary N) is 2. The van der Waals surface area contributed by atoms with Crippen LogP contribution in [0.25, 0.3) is 0 Å². The molecule has 2 fully saturated rings. The van der Waals surface area contributed by atoms with E-state index in [4.69, 9.17) is 0 Å². The van der Waals surface area contributed by atoms with Crippen molar-refractivity contribution in [2.24, 2.45) is 5.92 Å². The summed E-state index contributed by atoms with van der Waals surface area (Å²) in [5, 5.41) is 5.12. The van der Waals surface area contributed by atoms with Gasteiger partial charge in [-0.15, -0.1) is 0 Å². The number of rotatable bonds is 5. The first-order chi connectivity index (χ1) is 10.2. The molecule has 22 heavy (non-hydrogen) atoms. The van der Waals surface area contributed by atoms with Crippen molar-refractivity contribution in [3.05, 3.63) is 0 Å². The van der Waals surface area contributed by atoms with Gasteiger partial charge in [-0.3, -0.25) is 14.5 Å². The smallest absolute Gasteiger partial charge is 0.325 e. The molecular weight excluding hydrogens is 310 g/mol. The lowest BCUT2D eigenvalue weighted by molar-refractivity contribution is -0.132. The predicted octanol–water partition coefficient (Wildman–Crippen LogP) is -0.744. The molecule has 2 N–H and O–H groups in total. The Labute approximate surface area is 129 Å². The average Bonchev–Trinajstić information content (AvgIpc) is 2.83. The van der Waals surface area contributed by atoms with Crippen LogP contribution >= 0.6 is 0 Å². The maximum atomic E-state index is 12.1. The van der Waals surface area contributed by atoms with Crippen LogP contribution in [0.3, 0.4) is 0 Å². The van der Waals surface area contributed by atoms with Crippen LogP contribution in [0.15, 0.2) is 0 Å². The number of amides is 4. The van der Waals surface area contributed by atoms with E-state index in [1.807, 2.05) is 13.8 Å². The number of imide groups is 1. The summed E-state index contributed by atoms with van der Waals surface area (Å²) in [5.41, 5.74) is 0. The molecule has 0 aliphatic carbocycles. The summed E-state index contributed by atoms with van der Waals surface area (Å²) in [4.78, 5) is 36.7. The van der Waals surface area contributed by atoms with Crippen LogP contribution < -0.4 is 10.6 Å². The van der Waals surface area contributed by atoms with E-state index in [1.54, 1.807) is 0 Å². The molecule has 2 atom stereocenters. The molecule has 0 spiro atoms. The van der Waals surface area contributed by atoms with Crippen molar-refractivity contribution in [2.45, 2.75) is 38.8 Å². The Hall–Kier alpha value is -1.64. The van der Waals surface area contributed by atoms with Gasteiger partial charge in [-0.2, -0.15) is 0 Å². The minimum atomic E-state index is -3.09. The second-order valence-electron chi connectivity index (χ2n) is 6.22. The molecule has 2 rings (SSSR count). The zero-order valence-electron chi connectivity index (χ0n) is 12.7. The highest BCUT2D eigenvalue weighted by Gasteiger charge is 2.39. The first-order valence-corrected chi connectivity index (χ1v) is 9.12. The molecule has 0 unspecified atom stereocenters. The Balaban J connectivity index is 1.89. The van der Waals surface area contributed by atoms with Crippen molar-refractivity contribution < 1.29 is 22.8 Å². The molecule has 0 aromatic rings. The van der Waals surface area contributed by atoms with E-state index < -0.39 is 39.8 Å². The topological polar surface area (TPSA) is 113 Å². The Morgan fingerprint density at radius 1 is 1.41 bits per heavy atom. The summed E-state index contributed by atoms with van der Waals surface area (Å²) in [5.74, 6) is -0.720. The third kappa shape index (κ3) is 3.96. The second kappa shape index (κ2) is 6.23. The Morgan fingerprint density at radius 3 is 2.64 bits per heavy atom. The molecule has 9 heteroatoms. The minimum absolute atomic E-state index is 0.0531. The molecule has 2 aliphatic heterocycles. The van der Waals surface area contributed by atoms with Crippen LogP contribution in [0, 0.1) is 5.92 Å². The number of sulfone groups is 1. The van der Waals surface area contributed by atoms with Crippen LogP contribution in [0.5, 0.6) is 0 Å². The molecular formula is C13H21N3O5S. The van der Waals surface area contributed by atoms with Crippen molar-refractivity contribution >= 4 is 27.7 Å². The summed E-state index contributed by atoms with van der Waals surface area (Å²) in [6.07, 6.45) is 0.883. The maximum Gasteiger partial charge on any atom is 0.325 e. The van der Waals surface area contributed by atoms with Gasteiger partial charge in [-0.05, 0) is 18.8 Å². The fourth-order valence-electron chi connectivity index (χ4n) is 2.68. The van der Waals surface area contributed by atoms with Gasteiger partial charge < -0.3 is 10.6 Å². The summed E-state index contributed by atoms with van der Waals surface area (Å²) in [6, 6.07) is -1.61. The van der Waals surface area contributed by atoms with Crippen LogP contribution in [-0.4, -0.2) is 61.3 Å². The second-order valence-corrected chi connectivity index (χ2v) is 8.45. The van der Waals surface area contributed by atoms with Crippen molar-refractivity contribution in [1.29, 1.82) is 0 Å². The van der Waals surface area contributed by atoms with Gasteiger partial charge in [0.15, 0.2) is 9.84 Å². The summed E-state index contributed by atoms with van der Waals surface area (Å²) >= 11 is 0. The highest BCUT2D eigenvalue weighted by molar-refractivity contribution is 7.91. The third-order valence-corrected chi connectivity index (χ3v) is 5.48. The van der Waals surface area contributed by atoms with E-state index in [9.17, 15) is 22.8 Å². The van der Waals surface area contributed by atoms with Crippen LogP contribution in [0.2, 0.25) is 0 Å². The third-order valence-electron chi connectivity index (χ3n) is 3.71. The van der Waals surface area contributed by atoms with Crippen molar-refractivity contribution in [3.63, 3.8) is 0 Å². The summed E-state index contributed by atoms with van der Waals surface area (Å²) in [7, 11) is -3.09. The van der Waals surface area contributed by atoms with Gasteiger partial charge in [0.25, 0.3) is 5.91 Å². The molecule has 0 aromatic heterocycles. The Morgan fingerprint density at radius 2 is 2.09 bits per heavy atom. The largest absolute Gasteiger partial charge is 0.351 e. The van der Waals surface area contributed by atoms with Gasteiger partial charge in [0.2, 0.25) is 5.91 Å². The standard InChI is InChI=1S/C13H21N3O5S/c1-8(2)5-10-12(18)16(13(19)15-10)6-11(17)14-9-3-4-22(20,21)7-9/h8-10H,3-7H2,1-2H3,(H,14,17)(H,15,19)/t9-,10+/m0/s1. The van der Waals surface area contributed by atoms with E-state index in [2.05, 4.69) is 10.6 Å². The molecule has 0 aromatic carbocycles. The molecule has 8 nitrogen and oxygen atoms in total. The predicted molar refractivity (Wildman–Crippen MR) is 78.7 cm³/mol. The van der Waals surface area contributed by atoms with Gasteiger partial charge in [-0.1, -0.05) is 13.8 Å². The van der Waals surface area contributed by atoms with Crippen molar-refractivity contribution in [1.82, 2.24) is 15.5 Å². The van der Waals surface area contributed by atoms with Gasteiger partial charge in [0, 0.05) is 6.04 Å². The lowest BCUT2D eigenvalue weighted by Crippen LogP contribution is -2.45. The maximum absolute atomic E-state index is 12.1. The number of hydrogen-bond donors (Lipinski definition) is 2. The normalized spacial score (nSPS) is 27.3. The highest BCUT2D eigenvalue weighted by Crippen LogP contribution is 2.15. The van der Waals surface area contributed by atoms with Gasteiger partial charge in [-0.25, -0.2) is 13.2 Å². The zero-order valence-corrected chi connectivity index (χ0v) is 13.5. The fourth-order valence-corrected chi connectivity index (χ4v) is 4.36. The van der Waals surface area contributed by atoms with E-state index in [0.717, 1.165) is 4.90 Å². The van der Waals surface area contributed by atoms with E-state index in [1.165, 1.54) is 0 Å². The number of hydrogen-bond acceptors (Lipinski definition) is 5. The monoisotopic (exact) mass is 331 g/mol. The molecule has 2 heterocycles. The zero-order chi connectivity index (χ0) is 16.5.